The Morgan fingerprint density at radius 1 is 1.10 bits per heavy atom. The number of ether oxygens (including phenoxy) is 1. The minimum atomic E-state index is -0.375. The van der Waals surface area contributed by atoms with Crippen LogP contribution in [0.15, 0.2) is 42.5 Å². The molecule has 2 aromatic carbocycles. The number of hydrogen-bond acceptors (Lipinski definition) is 5. The highest BCUT2D eigenvalue weighted by Crippen LogP contribution is 2.24. The molecule has 0 atom stereocenters. The number of fused-ring (bicyclic) bond motifs is 1. The average Bonchev–Trinajstić information content (AvgIpc) is 3.06. The number of nitrogens with zero attached hydrogens (tertiary/aromatic N) is 4. The molecule has 7 nitrogen and oxygen atoms in total. The zero-order chi connectivity index (χ0) is 20.8. The van der Waals surface area contributed by atoms with Crippen LogP contribution in [0, 0.1) is 10.1 Å². The molecule has 3 aromatic rings. The van der Waals surface area contributed by atoms with Crippen molar-refractivity contribution in [3.05, 3.63) is 64.0 Å². The topological polar surface area (TPSA) is 73.4 Å². The summed E-state index contributed by atoms with van der Waals surface area (Å²) < 4.78 is 7.71. The van der Waals surface area contributed by atoms with Crippen LogP contribution in [0.4, 0.5) is 5.69 Å². The molecule has 0 amide bonds. The summed E-state index contributed by atoms with van der Waals surface area (Å²) in [4.78, 5) is 17.9. The van der Waals surface area contributed by atoms with E-state index in [0.717, 1.165) is 48.8 Å². The quantitative estimate of drug-likeness (QED) is 0.343. The lowest BCUT2D eigenvalue weighted by atomic mass is 10.1. The summed E-state index contributed by atoms with van der Waals surface area (Å²) in [5.41, 5.74) is 2.80. The Hall–Kier alpha value is -2.64. The van der Waals surface area contributed by atoms with E-state index >= 15 is 0 Å². The number of imidazole rings is 1. The number of halogens is 1. The Morgan fingerprint density at radius 3 is 2.40 bits per heavy atom. The molecule has 30 heavy (non-hydrogen) atoms. The number of hydrogen-bond donors (Lipinski definition) is 0. The van der Waals surface area contributed by atoms with Gasteiger partial charge in [-0.2, -0.15) is 0 Å². The summed E-state index contributed by atoms with van der Waals surface area (Å²) in [7, 11) is 0. The molecule has 1 aromatic heterocycles. The van der Waals surface area contributed by atoms with Crippen molar-refractivity contribution >= 4 is 29.1 Å². The van der Waals surface area contributed by atoms with Crippen LogP contribution in [0.2, 0.25) is 0 Å². The predicted octanol–water partition coefficient (Wildman–Crippen LogP) is 4.70. The van der Waals surface area contributed by atoms with Crippen molar-refractivity contribution in [1.82, 2.24) is 14.5 Å². The summed E-state index contributed by atoms with van der Waals surface area (Å²) in [6.07, 6.45) is 0.660. The molecular formula is C22H29ClN4O3. The first-order chi connectivity index (χ1) is 14.0. The number of rotatable bonds is 10. The van der Waals surface area contributed by atoms with Crippen LogP contribution in [0.5, 0.6) is 5.75 Å². The third-order valence-corrected chi connectivity index (χ3v) is 5.15. The third-order valence-electron chi connectivity index (χ3n) is 5.15. The lowest BCUT2D eigenvalue weighted by Gasteiger charge is -2.19. The van der Waals surface area contributed by atoms with E-state index in [-0.39, 0.29) is 23.0 Å². The van der Waals surface area contributed by atoms with Gasteiger partial charge in [-0.05, 0) is 43.8 Å². The lowest BCUT2D eigenvalue weighted by Crippen LogP contribution is -2.27. The van der Waals surface area contributed by atoms with E-state index in [1.54, 1.807) is 12.1 Å². The van der Waals surface area contributed by atoms with E-state index in [9.17, 15) is 10.1 Å². The molecule has 162 valence electrons. The van der Waals surface area contributed by atoms with Crippen molar-refractivity contribution in [2.45, 2.75) is 33.7 Å². The van der Waals surface area contributed by atoms with E-state index in [2.05, 4.69) is 23.3 Å². The van der Waals surface area contributed by atoms with Gasteiger partial charge in [0.2, 0.25) is 0 Å². The fourth-order valence-corrected chi connectivity index (χ4v) is 3.50. The lowest BCUT2D eigenvalue weighted by molar-refractivity contribution is -0.384. The highest BCUT2D eigenvalue weighted by atomic mass is 35.5. The standard InChI is InChI=1S/C22H28N4O3.ClH/c1-4-24(5-2)13-14-25-21-12-9-18(26(27)28)16-20(21)23-22(25)15-17-7-10-19(11-8-17)29-6-3;/h7-12,16H,4-6,13-15H2,1-3H3;1H. The molecule has 0 N–H and O–H groups in total. The highest BCUT2D eigenvalue weighted by Gasteiger charge is 2.15. The van der Waals surface area contributed by atoms with E-state index < -0.39 is 0 Å². The third kappa shape index (κ3) is 5.49. The van der Waals surface area contributed by atoms with Gasteiger partial charge in [-0.15, -0.1) is 12.4 Å². The second-order valence-corrected chi connectivity index (χ2v) is 6.89. The molecule has 0 saturated carbocycles. The Bertz CT molecular complexity index is 968. The molecule has 0 aliphatic heterocycles. The van der Waals surface area contributed by atoms with Crippen molar-refractivity contribution in [3.8, 4) is 5.75 Å². The monoisotopic (exact) mass is 432 g/mol. The summed E-state index contributed by atoms with van der Waals surface area (Å²) in [5, 5.41) is 11.2. The van der Waals surface area contributed by atoms with Gasteiger partial charge in [-0.25, -0.2) is 4.98 Å². The number of likely N-dealkylation sites (N-methyl/N-ethyl adjacent to an activating group) is 1. The zero-order valence-electron chi connectivity index (χ0n) is 17.7. The second kappa shape index (κ2) is 10.9. The van der Waals surface area contributed by atoms with Gasteiger partial charge < -0.3 is 14.2 Å². The number of nitro benzene ring substituents is 1. The fourth-order valence-electron chi connectivity index (χ4n) is 3.50. The van der Waals surface area contributed by atoms with Crippen LogP contribution in [-0.4, -0.2) is 45.6 Å². The molecule has 0 aliphatic rings. The van der Waals surface area contributed by atoms with Gasteiger partial charge in [0, 0.05) is 31.6 Å². The second-order valence-electron chi connectivity index (χ2n) is 6.89. The Kier molecular flexibility index (Phi) is 8.62. The van der Waals surface area contributed by atoms with Crippen LogP contribution < -0.4 is 4.74 Å². The Labute approximate surface area is 183 Å². The summed E-state index contributed by atoms with van der Waals surface area (Å²) >= 11 is 0. The number of non-ortho nitro benzene ring substituents is 1. The van der Waals surface area contributed by atoms with Crippen LogP contribution >= 0.6 is 12.4 Å². The molecule has 0 aliphatic carbocycles. The predicted molar refractivity (Wildman–Crippen MR) is 122 cm³/mol. The first-order valence-corrected chi connectivity index (χ1v) is 10.1. The van der Waals surface area contributed by atoms with Gasteiger partial charge >= 0.3 is 0 Å². The van der Waals surface area contributed by atoms with Gasteiger partial charge in [0.15, 0.2) is 0 Å². The smallest absolute Gasteiger partial charge is 0.271 e. The number of benzene rings is 2. The molecule has 0 spiro atoms. The van der Waals surface area contributed by atoms with E-state index in [1.807, 2.05) is 37.3 Å². The average molecular weight is 433 g/mol. The minimum Gasteiger partial charge on any atom is -0.494 e. The van der Waals surface area contributed by atoms with Crippen molar-refractivity contribution in [2.75, 3.05) is 26.2 Å². The zero-order valence-corrected chi connectivity index (χ0v) is 18.5. The fraction of sp³-hybridized carbons (Fsp3) is 0.409. The van der Waals surface area contributed by atoms with Crippen LogP contribution in [0.3, 0.4) is 0 Å². The first kappa shape index (κ1) is 23.6. The molecule has 8 heteroatoms. The van der Waals surface area contributed by atoms with Gasteiger partial charge in [0.05, 0.1) is 22.6 Å². The molecule has 0 radical (unpaired) electrons. The molecular weight excluding hydrogens is 404 g/mol. The maximum absolute atomic E-state index is 11.2. The largest absolute Gasteiger partial charge is 0.494 e. The summed E-state index contributed by atoms with van der Waals surface area (Å²) in [6.45, 7) is 10.6. The van der Waals surface area contributed by atoms with Gasteiger partial charge in [-0.1, -0.05) is 26.0 Å². The van der Waals surface area contributed by atoms with Crippen molar-refractivity contribution in [1.29, 1.82) is 0 Å². The molecule has 1 heterocycles. The molecule has 0 saturated heterocycles. The SMILES string of the molecule is CCOc1ccc(Cc2nc3cc([N+](=O)[O-])ccc3n2CCN(CC)CC)cc1.Cl. The van der Waals surface area contributed by atoms with E-state index in [1.165, 1.54) is 0 Å². The van der Waals surface area contributed by atoms with Crippen LogP contribution in [0.1, 0.15) is 32.2 Å². The number of aromatic nitrogens is 2. The molecule has 0 unspecified atom stereocenters. The minimum absolute atomic E-state index is 0. The molecule has 3 rings (SSSR count). The van der Waals surface area contributed by atoms with E-state index in [0.29, 0.717) is 18.5 Å². The van der Waals surface area contributed by atoms with Crippen molar-refractivity contribution < 1.29 is 9.66 Å². The summed E-state index contributed by atoms with van der Waals surface area (Å²) in [5.74, 6) is 1.76. The first-order valence-electron chi connectivity index (χ1n) is 10.1. The maximum Gasteiger partial charge on any atom is 0.271 e. The normalized spacial score (nSPS) is 10.9. The van der Waals surface area contributed by atoms with Gasteiger partial charge in [0.25, 0.3) is 5.69 Å². The Morgan fingerprint density at radius 2 is 1.80 bits per heavy atom. The summed E-state index contributed by atoms with van der Waals surface area (Å²) in [6, 6.07) is 12.9. The molecule has 0 bridgehead atoms. The highest BCUT2D eigenvalue weighted by molar-refractivity contribution is 5.85. The van der Waals surface area contributed by atoms with E-state index in [4.69, 9.17) is 9.72 Å². The van der Waals surface area contributed by atoms with Gasteiger partial charge in [0.1, 0.15) is 11.6 Å². The number of nitro groups is 1. The van der Waals surface area contributed by atoms with Crippen LogP contribution in [0.25, 0.3) is 11.0 Å². The van der Waals surface area contributed by atoms with Gasteiger partial charge in [-0.3, -0.25) is 10.1 Å². The molecule has 0 fully saturated rings. The van der Waals surface area contributed by atoms with Crippen molar-refractivity contribution in [3.63, 3.8) is 0 Å². The Balaban J connectivity index is 0.00000320. The maximum atomic E-state index is 11.2. The van der Waals surface area contributed by atoms with Crippen molar-refractivity contribution in [2.24, 2.45) is 0 Å². The van der Waals surface area contributed by atoms with Crippen LogP contribution in [-0.2, 0) is 13.0 Å².